The third-order valence-corrected chi connectivity index (χ3v) is 4.88. The average Bonchev–Trinajstić information content (AvgIpc) is 3.29. The molecule has 1 fully saturated rings. The van der Waals surface area contributed by atoms with Crippen molar-refractivity contribution >= 4 is 11.9 Å². The van der Waals surface area contributed by atoms with E-state index in [2.05, 4.69) is 25.3 Å². The van der Waals surface area contributed by atoms with Crippen molar-refractivity contribution in [2.24, 2.45) is 0 Å². The molecule has 3 heterocycles. The molecule has 1 aliphatic heterocycles. The van der Waals surface area contributed by atoms with Gasteiger partial charge < -0.3 is 14.7 Å². The van der Waals surface area contributed by atoms with Crippen LogP contribution in [0.2, 0.25) is 0 Å². The summed E-state index contributed by atoms with van der Waals surface area (Å²) < 4.78 is 5.32. The summed E-state index contributed by atoms with van der Waals surface area (Å²) in [7, 11) is 0. The predicted molar refractivity (Wildman–Crippen MR) is 92.5 cm³/mol. The summed E-state index contributed by atoms with van der Waals surface area (Å²) in [6, 6.07) is 1.91. The third kappa shape index (κ3) is 3.36. The lowest BCUT2D eigenvalue weighted by Crippen LogP contribution is -2.26. The van der Waals surface area contributed by atoms with Crippen LogP contribution in [0.5, 0.6) is 0 Å². The van der Waals surface area contributed by atoms with Crippen molar-refractivity contribution in [3.8, 4) is 0 Å². The molecule has 7 heteroatoms. The minimum atomic E-state index is -0.189. The summed E-state index contributed by atoms with van der Waals surface area (Å²) in [4.78, 5) is 23.8. The van der Waals surface area contributed by atoms with Gasteiger partial charge in [-0.1, -0.05) is 5.16 Å². The quantitative estimate of drug-likeness (QED) is 0.917. The first-order chi connectivity index (χ1) is 12.2. The van der Waals surface area contributed by atoms with Crippen LogP contribution in [0.25, 0.3) is 0 Å². The lowest BCUT2D eigenvalue weighted by atomic mass is 9.96. The van der Waals surface area contributed by atoms with Crippen molar-refractivity contribution in [3.05, 3.63) is 34.5 Å². The molecule has 0 aromatic carbocycles. The van der Waals surface area contributed by atoms with E-state index in [0.29, 0.717) is 12.2 Å². The summed E-state index contributed by atoms with van der Waals surface area (Å²) in [5.74, 6) is 1.44. The van der Waals surface area contributed by atoms with Crippen molar-refractivity contribution in [3.63, 3.8) is 0 Å². The van der Waals surface area contributed by atoms with Gasteiger partial charge in [-0.05, 0) is 45.1 Å². The van der Waals surface area contributed by atoms with Crippen LogP contribution in [0.15, 0.2) is 10.6 Å². The number of fused-ring (bicyclic) bond motifs is 1. The summed E-state index contributed by atoms with van der Waals surface area (Å²) >= 11 is 0. The van der Waals surface area contributed by atoms with Gasteiger partial charge in [-0.2, -0.15) is 0 Å². The Morgan fingerprint density at radius 3 is 2.84 bits per heavy atom. The molecule has 132 valence electrons. The molecule has 0 radical (unpaired) electrons. The molecule has 1 aliphatic carbocycles. The molecule has 1 saturated heterocycles. The standard InChI is InChI=1S/C18H23N5O2/c1-12-10-13(21-18(20-12)23-8-4-5-9-23)11-19-17(24)16-14-6-2-3-7-15(14)25-22-16/h10H,2-9,11H2,1H3,(H,19,24). The fourth-order valence-corrected chi connectivity index (χ4v) is 3.58. The second kappa shape index (κ2) is 6.82. The number of aryl methyl sites for hydroxylation is 2. The van der Waals surface area contributed by atoms with Crippen LogP contribution in [0, 0.1) is 6.92 Å². The van der Waals surface area contributed by atoms with Crippen molar-refractivity contribution in [1.82, 2.24) is 20.4 Å². The van der Waals surface area contributed by atoms with Gasteiger partial charge >= 0.3 is 0 Å². The number of amides is 1. The number of rotatable bonds is 4. The molecule has 0 atom stereocenters. The SMILES string of the molecule is Cc1cc(CNC(=O)c2noc3c2CCCC3)nc(N2CCCC2)n1. The molecule has 1 amide bonds. The topological polar surface area (TPSA) is 84.2 Å². The summed E-state index contributed by atoms with van der Waals surface area (Å²) in [6.45, 7) is 4.33. The van der Waals surface area contributed by atoms with Crippen molar-refractivity contribution in [1.29, 1.82) is 0 Å². The fraction of sp³-hybridized carbons (Fsp3) is 0.556. The Labute approximate surface area is 146 Å². The van der Waals surface area contributed by atoms with E-state index in [4.69, 9.17) is 4.52 Å². The second-order valence-corrected chi connectivity index (χ2v) is 6.82. The minimum Gasteiger partial charge on any atom is -0.360 e. The Balaban J connectivity index is 1.46. The van der Waals surface area contributed by atoms with Crippen LogP contribution in [0.1, 0.15) is 58.9 Å². The molecular formula is C18H23N5O2. The molecule has 0 spiro atoms. The average molecular weight is 341 g/mol. The van der Waals surface area contributed by atoms with Gasteiger partial charge in [0.15, 0.2) is 5.69 Å². The van der Waals surface area contributed by atoms with Crippen LogP contribution in [-0.2, 0) is 19.4 Å². The molecule has 4 rings (SSSR count). The molecule has 0 bridgehead atoms. The van der Waals surface area contributed by atoms with Crippen LogP contribution in [-0.4, -0.2) is 34.1 Å². The Morgan fingerprint density at radius 2 is 2.00 bits per heavy atom. The van der Waals surface area contributed by atoms with E-state index < -0.39 is 0 Å². The lowest BCUT2D eigenvalue weighted by molar-refractivity contribution is 0.0940. The molecule has 2 aliphatic rings. The van der Waals surface area contributed by atoms with E-state index >= 15 is 0 Å². The van der Waals surface area contributed by atoms with Crippen molar-refractivity contribution < 1.29 is 9.32 Å². The van der Waals surface area contributed by atoms with Gasteiger partial charge in [0.1, 0.15) is 5.76 Å². The van der Waals surface area contributed by atoms with Crippen LogP contribution < -0.4 is 10.2 Å². The zero-order chi connectivity index (χ0) is 17.2. The Hall–Kier alpha value is -2.44. The zero-order valence-corrected chi connectivity index (χ0v) is 14.5. The minimum absolute atomic E-state index is 0.189. The summed E-state index contributed by atoms with van der Waals surface area (Å²) in [5.41, 5.74) is 3.14. The van der Waals surface area contributed by atoms with E-state index in [1.54, 1.807) is 0 Å². The molecule has 7 nitrogen and oxygen atoms in total. The van der Waals surface area contributed by atoms with E-state index in [0.717, 1.165) is 67.4 Å². The van der Waals surface area contributed by atoms with E-state index in [1.807, 2.05) is 13.0 Å². The highest BCUT2D eigenvalue weighted by molar-refractivity contribution is 5.93. The predicted octanol–water partition coefficient (Wildman–Crippen LogP) is 2.18. The van der Waals surface area contributed by atoms with E-state index in [9.17, 15) is 4.79 Å². The third-order valence-electron chi connectivity index (χ3n) is 4.88. The van der Waals surface area contributed by atoms with Gasteiger partial charge in [0.2, 0.25) is 5.95 Å². The van der Waals surface area contributed by atoms with Crippen molar-refractivity contribution in [2.45, 2.75) is 52.0 Å². The first kappa shape index (κ1) is 16.1. The molecule has 1 N–H and O–H groups in total. The number of nitrogens with zero attached hydrogens (tertiary/aromatic N) is 4. The Kier molecular flexibility index (Phi) is 4.38. The van der Waals surface area contributed by atoms with E-state index in [1.165, 1.54) is 12.8 Å². The molecule has 0 saturated carbocycles. The molecule has 2 aromatic rings. The number of aromatic nitrogens is 3. The smallest absolute Gasteiger partial charge is 0.274 e. The maximum atomic E-state index is 12.5. The number of carbonyl (C=O) groups is 1. The number of hydrogen-bond acceptors (Lipinski definition) is 6. The zero-order valence-electron chi connectivity index (χ0n) is 14.5. The monoisotopic (exact) mass is 341 g/mol. The normalized spacial score (nSPS) is 16.8. The van der Waals surface area contributed by atoms with Gasteiger partial charge in [-0.25, -0.2) is 9.97 Å². The van der Waals surface area contributed by atoms with Gasteiger partial charge in [-0.3, -0.25) is 4.79 Å². The van der Waals surface area contributed by atoms with Gasteiger partial charge in [0.25, 0.3) is 5.91 Å². The maximum Gasteiger partial charge on any atom is 0.274 e. The lowest BCUT2D eigenvalue weighted by Gasteiger charge is -2.16. The number of hydrogen-bond donors (Lipinski definition) is 1. The first-order valence-corrected chi connectivity index (χ1v) is 9.06. The van der Waals surface area contributed by atoms with Gasteiger partial charge in [0.05, 0.1) is 12.2 Å². The van der Waals surface area contributed by atoms with Crippen LogP contribution >= 0.6 is 0 Å². The molecule has 0 unspecified atom stereocenters. The van der Waals surface area contributed by atoms with Crippen molar-refractivity contribution in [2.75, 3.05) is 18.0 Å². The molecule has 2 aromatic heterocycles. The Bertz CT molecular complexity index is 780. The van der Waals surface area contributed by atoms with Crippen LogP contribution in [0.3, 0.4) is 0 Å². The van der Waals surface area contributed by atoms with Crippen LogP contribution in [0.4, 0.5) is 5.95 Å². The highest BCUT2D eigenvalue weighted by Crippen LogP contribution is 2.24. The highest BCUT2D eigenvalue weighted by atomic mass is 16.5. The number of carbonyl (C=O) groups excluding carboxylic acids is 1. The second-order valence-electron chi connectivity index (χ2n) is 6.82. The fourth-order valence-electron chi connectivity index (χ4n) is 3.58. The maximum absolute atomic E-state index is 12.5. The Morgan fingerprint density at radius 1 is 1.20 bits per heavy atom. The first-order valence-electron chi connectivity index (χ1n) is 9.06. The van der Waals surface area contributed by atoms with Gasteiger partial charge in [-0.15, -0.1) is 0 Å². The van der Waals surface area contributed by atoms with Gasteiger partial charge in [0, 0.05) is 30.8 Å². The number of nitrogens with one attached hydrogen (secondary N) is 1. The highest BCUT2D eigenvalue weighted by Gasteiger charge is 2.24. The molecular weight excluding hydrogens is 318 g/mol. The summed E-state index contributed by atoms with van der Waals surface area (Å²) in [6.07, 6.45) is 6.29. The van der Waals surface area contributed by atoms with E-state index in [-0.39, 0.29) is 5.91 Å². The number of anilines is 1. The largest absolute Gasteiger partial charge is 0.360 e. The molecule has 25 heavy (non-hydrogen) atoms. The summed E-state index contributed by atoms with van der Waals surface area (Å²) in [5, 5.41) is 6.91.